The molecule has 0 bridgehead atoms. The number of alkyl carbamates (subject to hydrolysis) is 1. The van der Waals surface area contributed by atoms with Crippen molar-refractivity contribution in [1.82, 2.24) is 10.2 Å². The van der Waals surface area contributed by atoms with Crippen LogP contribution in [0.4, 0.5) is 16.2 Å². The van der Waals surface area contributed by atoms with E-state index in [4.69, 9.17) is 17.0 Å². The smallest absolute Gasteiger partial charge is 0.413 e. The monoisotopic (exact) mass is 322 g/mol. The van der Waals surface area contributed by atoms with Gasteiger partial charge in [0.2, 0.25) is 0 Å². The van der Waals surface area contributed by atoms with Gasteiger partial charge in [-0.2, -0.15) is 0 Å². The maximum absolute atomic E-state index is 11.1. The van der Waals surface area contributed by atoms with Gasteiger partial charge in [0.15, 0.2) is 5.11 Å². The third-order valence-electron chi connectivity index (χ3n) is 2.96. The van der Waals surface area contributed by atoms with Crippen molar-refractivity contribution < 1.29 is 14.3 Å². The maximum Gasteiger partial charge on any atom is 0.413 e. The summed E-state index contributed by atoms with van der Waals surface area (Å²) < 4.78 is 9.78. The number of methoxy groups -OCH3 is 1. The van der Waals surface area contributed by atoms with Gasteiger partial charge in [-0.25, -0.2) is 9.79 Å². The first-order valence-electron chi connectivity index (χ1n) is 6.80. The fraction of sp³-hybridized carbons (Fsp3) is 0.357. The number of anilines is 1. The highest BCUT2D eigenvalue weighted by Gasteiger charge is 2.08. The maximum atomic E-state index is 11.1. The molecule has 1 aromatic rings. The number of aliphatic imine (C=N–C) groups is 1. The largest absolute Gasteiger partial charge is 0.453 e. The number of amides is 1. The standard InChI is InChI=1S/C14H18N4O3S/c1-20-14(19)17-13(22)16-12-5-3-2-4-11(12)15-10-18-6-8-21-9-7-18/h2-5,10H,6-9H2,1H3,(H2,16,17,19,22). The Morgan fingerprint density at radius 3 is 2.86 bits per heavy atom. The van der Waals surface area contributed by atoms with Crippen LogP contribution in [0.15, 0.2) is 29.3 Å². The number of nitrogens with zero attached hydrogens (tertiary/aromatic N) is 2. The lowest BCUT2D eigenvalue weighted by molar-refractivity contribution is 0.0701. The minimum absolute atomic E-state index is 0.154. The summed E-state index contributed by atoms with van der Waals surface area (Å²) in [4.78, 5) is 17.7. The van der Waals surface area contributed by atoms with Gasteiger partial charge in [-0.15, -0.1) is 0 Å². The van der Waals surface area contributed by atoms with Crippen LogP contribution in [-0.4, -0.2) is 55.9 Å². The zero-order valence-electron chi connectivity index (χ0n) is 12.2. The van der Waals surface area contributed by atoms with E-state index < -0.39 is 6.09 Å². The van der Waals surface area contributed by atoms with Gasteiger partial charge in [0.05, 0.1) is 38.0 Å². The van der Waals surface area contributed by atoms with E-state index in [9.17, 15) is 4.79 Å². The number of carbonyl (C=O) groups is 1. The molecule has 0 unspecified atom stereocenters. The highest BCUT2D eigenvalue weighted by Crippen LogP contribution is 2.23. The van der Waals surface area contributed by atoms with Crippen LogP contribution in [-0.2, 0) is 9.47 Å². The Balaban J connectivity index is 2.01. The van der Waals surface area contributed by atoms with Gasteiger partial charge in [0.1, 0.15) is 0 Å². The number of benzene rings is 1. The van der Waals surface area contributed by atoms with Gasteiger partial charge in [0, 0.05) is 13.1 Å². The molecule has 0 aromatic heterocycles. The summed E-state index contributed by atoms with van der Waals surface area (Å²) in [6.07, 6.45) is 1.17. The SMILES string of the molecule is COC(=O)NC(=S)Nc1ccccc1N=CN1CCOCC1. The molecule has 0 spiro atoms. The number of hydrogen-bond donors (Lipinski definition) is 2. The number of nitrogens with one attached hydrogen (secondary N) is 2. The zero-order chi connectivity index (χ0) is 15.8. The molecule has 1 heterocycles. The molecule has 1 amide bonds. The van der Waals surface area contributed by atoms with E-state index in [0.717, 1.165) is 18.8 Å². The van der Waals surface area contributed by atoms with E-state index >= 15 is 0 Å². The summed E-state index contributed by atoms with van der Waals surface area (Å²) in [7, 11) is 1.28. The van der Waals surface area contributed by atoms with Crippen molar-refractivity contribution in [2.24, 2.45) is 4.99 Å². The summed E-state index contributed by atoms with van der Waals surface area (Å²) in [5, 5.41) is 5.47. The Kier molecular flexibility index (Phi) is 6.11. The van der Waals surface area contributed by atoms with Gasteiger partial charge >= 0.3 is 6.09 Å². The predicted octanol–water partition coefficient (Wildman–Crippen LogP) is 1.73. The van der Waals surface area contributed by atoms with Crippen LogP contribution in [0.25, 0.3) is 0 Å². The minimum atomic E-state index is -0.619. The summed E-state index contributed by atoms with van der Waals surface area (Å²) in [6, 6.07) is 7.43. The quantitative estimate of drug-likeness (QED) is 0.501. The lowest BCUT2D eigenvalue weighted by Gasteiger charge is -2.24. The highest BCUT2D eigenvalue weighted by atomic mass is 32.1. The van der Waals surface area contributed by atoms with E-state index in [-0.39, 0.29) is 5.11 Å². The lowest BCUT2D eigenvalue weighted by Crippen LogP contribution is -2.35. The van der Waals surface area contributed by atoms with Crippen LogP contribution in [0.1, 0.15) is 0 Å². The molecule has 2 N–H and O–H groups in total. The van der Waals surface area contributed by atoms with Gasteiger partial charge in [-0.05, 0) is 24.4 Å². The molecule has 1 fully saturated rings. The third-order valence-corrected chi connectivity index (χ3v) is 3.16. The second-order valence-electron chi connectivity index (χ2n) is 4.48. The number of para-hydroxylation sites is 2. The van der Waals surface area contributed by atoms with E-state index in [0.29, 0.717) is 18.9 Å². The first kappa shape index (κ1) is 16.2. The van der Waals surface area contributed by atoms with Crippen molar-refractivity contribution in [3.05, 3.63) is 24.3 Å². The average molecular weight is 322 g/mol. The average Bonchev–Trinajstić information content (AvgIpc) is 2.54. The Morgan fingerprint density at radius 2 is 2.14 bits per heavy atom. The number of thiocarbonyl (C=S) groups is 1. The summed E-state index contributed by atoms with van der Waals surface area (Å²) in [6.45, 7) is 3.06. The first-order chi connectivity index (χ1) is 10.7. The second kappa shape index (κ2) is 8.30. The molecule has 1 aromatic carbocycles. The summed E-state index contributed by atoms with van der Waals surface area (Å²) in [5.74, 6) is 0. The van der Waals surface area contributed by atoms with Crippen LogP contribution >= 0.6 is 12.2 Å². The minimum Gasteiger partial charge on any atom is -0.453 e. The topological polar surface area (TPSA) is 75.2 Å². The number of hydrogen-bond acceptors (Lipinski definition) is 5. The van der Waals surface area contributed by atoms with Crippen molar-refractivity contribution in [2.45, 2.75) is 0 Å². The molecule has 2 rings (SSSR count). The Labute approximate surface area is 134 Å². The van der Waals surface area contributed by atoms with Crippen LogP contribution in [0.5, 0.6) is 0 Å². The van der Waals surface area contributed by atoms with Crippen LogP contribution in [0.3, 0.4) is 0 Å². The molecule has 7 nitrogen and oxygen atoms in total. The van der Waals surface area contributed by atoms with Gasteiger partial charge in [-0.3, -0.25) is 5.32 Å². The Morgan fingerprint density at radius 1 is 1.41 bits per heavy atom. The number of rotatable bonds is 3. The van der Waals surface area contributed by atoms with Crippen molar-refractivity contribution in [2.75, 3.05) is 38.7 Å². The predicted molar refractivity (Wildman–Crippen MR) is 88.7 cm³/mol. The molecule has 0 radical (unpaired) electrons. The molecular formula is C14H18N4O3S. The van der Waals surface area contributed by atoms with Crippen molar-refractivity contribution in [3.8, 4) is 0 Å². The van der Waals surface area contributed by atoms with E-state index in [1.54, 1.807) is 6.34 Å². The van der Waals surface area contributed by atoms with Crippen LogP contribution in [0.2, 0.25) is 0 Å². The molecule has 0 atom stereocenters. The molecule has 1 aliphatic heterocycles. The Hall–Kier alpha value is -2.19. The third kappa shape index (κ3) is 4.97. The summed E-state index contributed by atoms with van der Waals surface area (Å²) in [5.41, 5.74) is 1.43. The summed E-state index contributed by atoms with van der Waals surface area (Å²) >= 11 is 5.05. The highest BCUT2D eigenvalue weighted by molar-refractivity contribution is 7.80. The first-order valence-corrected chi connectivity index (χ1v) is 7.21. The van der Waals surface area contributed by atoms with Gasteiger partial charge in [0.25, 0.3) is 0 Å². The molecule has 22 heavy (non-hydrogen) atoms. The molecular weight excluding hydrogens is 304 g/mol. The Bertz CT molecular complexity index is 559. The fourth-order valence-corrected chi connectivity index (χ4v) is 2.02. The van der Waals surface area contributed by atoms with Crippen molar-refractivity contribution >= 4 is 41.1 Å². The number of carbonyl (C=O) groups excluding carboxylic acids is 1. The van der Waals surface area contributed by atoms with E-state index in [1.165, 1.54) is 7.11 Å². The normalized spacial score (nSPS) is 14.7. The number of morpholine rings is 1. The molecule has 0 aliphatic carbocycles. The fourth-order valence-electron chi connectivity index (χ4n) is 1.83. The van der Waals surface area contributed by atoms with Crippen molar-refractivity contribution in [1.29, 1.82) is 0 Å². The van der Waals surface area contributed by atoms with E-state index in [1.807, 2.05) is 24.3 Å². The van der Waals surface area contributed by atoms with Crippen LogP contribution < -0.4 is 10.6 Å². The second-order valence-corrected chi connectivity index (χ2v) is 4.89. The number of ether oxygens (including phenoxy) is 2. The molecule has 8 heteroatoms. The molecule has 1 saturated heterocycles. The lowest BCUT2D eigenvalue weighted by atomic mass is 10.3. The van der Waals surface area contributed by atoms with E-state index in [2.05, 4.69) is 25.3 Å². The molecule has 1 aliphatic rings. The molecule has 118 valence electrons. The molecule has 0 saturated carbocycles. The zero-order valence-corrected chi connectivity index (χ0v) is 13.1. The van der Waals surface area contributed by atoms with Crippen molar-refractivity contribution in [3.63, 3.8) is 0 Å². The van der Waals surface area contributed by atoms with Crippen LogP contribution in [0, 0.1) is 0 Å². The van der Waals surface area contributed by atoms with Gasteiger partial charge in [-0.1, -0.05) is 12.1 Å². The van der Waals surface area contributed by atoms with Gasteiger partial charge < -0.3 is 19.7 Å².